The summed E-state index contributed by atoms with van der Waals surface area (Å²) in [7, 11) is 2.07. The molecule has 1 aliphatic rings. The number of carbonyl (C=O) groups excluding carboxylic acids is 1. The van der Waals surface area contributed by atoms with E-state index >= 15 is 0 Å². The number of para-hydroxylation sites is 1. The molecule has 1 amide bonds. The largest absolute Gasteiger partial charge is 0.444 e. The molecule has 0 aromatic heterocycles. The summed E-state index contributed by atoms with van der Waals surface area (Å²) in [6.45, 7) is 9.59. The van der Waals surface area contributed by atoms with Crippen LogP contribution in [0, 0.1) is 0 Å². The molecule has 1 aromatic carbocycles. The third kappa shape index (κ3) is 7.72. The smallest absolute Gasteiger partial charge is 0.407 e. The molecule has 0 spiro atoms. The molecule has 8 heteroatoms. The zero-order valence-corrected chi connectivity index (χ0v) is 16.9. The van der Waals surface area contributed by atoms with Crippen LogP contribution in [-0.4, -0.2) is 60.0 Å². The molecule has 0 fully saturated rings. The Bertz CT molecular complexity index is 605. The molecule has 8 nitrogen and oxygen atoms in total. The second-order valence-corrected chi connectivity index (χ2v) is 7.90. The SMILES string of the molecule is CN(CCCNC(=O)OC(C)(C)C)CCCN1Cc2ccccc2N(O)N1. The number of hydrogen-bond acceptors (Lipinski definition) is 7. The van der Waals surface area contributed by atoms with E-state index in [2.05, 4.69) is 22.8 Å². The van der Waals surface area contributed by atoms with Crippen molar-refractivity contribution in [2.45, 2.75) is 45.8 Å². The lowest BCUT2D eigenvalue weighted by atomic mass is 10.1. The molecule has 2 rings (SSSR count). The number of anilines is 1. The van der Waals surface area contributed by atoms with Crippen molar-refractivity contribution in [1.82, 2.24) is 20.8 Å². The highest BCUT2D eigenvalue weighted by Crippen LogP contribution is 2.22. The van der Waals surface area contributed by atoms with Crippen LogP contribution in [0.1, 0.15) is 39.2 Å². The summed E-state index contributed by atoms with van der Waals surface area (Å²) < 4.78 is 5.21. The van der Waals surface area contributed by atoms with Crippen molar-refractivity contribution in [3.05, 3.63) is 29.8 Å². The number of nitrogens with one attached hydrogen (secondary N) is 2. The lowest BCUT2D eigenvalue weighted by Gasteiger charge is -2.35. The van der Waals surface area contributed by atoms with E-state index in [1.54, 1.807) is 0 Å². The van der Waals surface area contributed by atoms with Crippen LogP contribution in [0.25, 0.3) is 0 Å². The van der Waals surface area contributed by atoms with Gasteiger partial charge in [0.15, 0.2) is 0 Å². The van der Waals surface area contributed by atoms with Gasteiger partial charge in [-0.25, -0.2) is 9.80 Å². The number of rotatable bonds is 8. The van der Waals surface area contributed by atoms with Gasteiger partial charge in [0.25, 0.3) is 0 Å². The van der Waals surface area contributed by atoms with Gasteiger partial charge in [-0.05, 0) is 65.4 Å². The molecule has 0 saturated heterocycles. The third-order valence-electron chi connectivity index (χ3n) is 4.17. The molecule has 0 bridgehead atoms. The predicted molar refractivity (Wildman–Crippen MR) is 105 cm³/mol. The molecule has 0 aliphatic carbocycles. The van der Waals surface area contributed by atoms with Gasteiger partial charge in [0.05, 0.1) is 5.69 Å². The quantitative estimate of drug-likeness (QED) is 0.598. The first-order chi connectivity index (χ1) is 12.7. The number of benzene rings is 1. The highest BCUT2D eigenvalue weighted by atomic mass is 16.6. The van der Waals surface area contributed by atoms with Gasteiger partial charge in [-0.15, -0.1) is 5.53 Å². The second-order valence-electron chi connectivity index (χ2n) is 7.90. The first kappa shape index (κ1) is 21.4. The van der Waals surface area contributed by atoms with E-state index in [4.69, 9.17) is 4.74 Å². The van der Waals surface area contributed by atoms with E-state index in [0.717, 1.165) is 55.4 Å². The number of alkyl carbamates (subject to hydrolysis) is 1. The average Bonchev–Trinajstić information content (AvgIpc) is 2.57. The van der Waals surface area contributed by atoms with Gasteiger partial charge in [0.1, 0.15) is 5.60 Å². The number of carbonyl (C=O) groups is 1. The minimum atomic E-state index is -0.464. The maximum absolute atomic E-state index is 11.6. The van der Waals surface area contributed by atoms with E-state index < -0.39 is 5.60 Å². The van der Waals surface area contributed by atoms with Gasteiger partial charge in [-0.1, -0.05) is 18.2 Å². The van der Waals surface area contributed by atoms with Gasteiger partial charge in [0, 0.05) is 19.6 Å². The minimum absolute atomic E-state index is 0.366. The zero-order chi connectivity index (χ0) is 19.9. The fourth-order valence-corrected chi connectivity index (χ4v) is 2.91. The normalized spacial score (nSPS) is 15.0. The van der Waals surface area contributed by atoms with E-state index in [9.17, 15) is 10.0 Å². The zero-order valence-electron chi connectivity index (χ0n) is 16.9. The number of hydrazine groups is 2. The summed E-state index contributed by atoms with van der Waals surface area (Å²) in [4.78, 5) is 13.8. The molecule has 0 saturated carbocycles. The third-order valence-corrected chi connectivity index (χ3v) is 4.17. The van der Waals surface area contributed by atoms with E-state index in [1.165, 1.54) is 0 Å². The molecule has 0 atom stereocenters. The van der Waals surface area contributed by atoms with Gasteiger partial charge in [0.2, 0.25) is 0 Å². The molecular formula is C19H33N5O3. The Morgan fingerprint density at radius 3 is 2.74 bits per heavy atom. The fraction of sp³-hybridized carbons (Fsp3) is 0.632. The maximum atomic E-state index is 11.6. The number of amides is 1. The molecule has 1 heterocycles. The second kappa shape index (κ2) is 9.89. The topological polar surface area (TPSA) is 80.3 Å². The van der Waals surface area contributed by atoms with Crippen LogP contribution in [0.15, 0.2) is 24.3 Å². The summed E-state index contributed by atoms with van der Waals surface area (Å²) in [6, 6.07) is 7.80. The van der Waals surface area contributed by atoms with Crippen LogP contribution in [0.3, 0.4) is 0 Å². The van der Waals surface area contributed by atoms with Crippen LogP contribution in [0.2, 0.25) is 0 Å². The Hall–Kier alpha value is -1.87. The Labute approximate surface area is 162 Å². The number of ether oxygens (including phenoxy) is 1. The van der Waals surface area contributed by atoms with Crippen molar-refractivity contribution in [2.24, 2.45) is 0 Å². The molecule has 1 aromatic rings. The van der Waals surface area contributed by atoms with Crippen LogP contribution >= 0.6 is 0 Å². The fourth-order valence-electron chi connectivity index (χ4n) is 2.91. The highest BCUT2D eigenvalue weighted by molar-refractivity contribution is 5.67. The summed E-state index contributed by atoms with van der Waals surface area (Å²) in [6.07, 6.45) is 1.48. The van der Waals surface area contributed by atoms with Crippen molar-refractivity contribution >= 4 is 11.8 Å². The Kier molecular flexibility index (Phi) is 7.85. The lowest BCUT2D eigenvalue weighted by molar-refractivity contribution is 0.0523. The van der Waals surface area contributed by atoms with Gasteiger partial charge >= 0.3 is 6.09 Å². The number of nitrogens with zero attached hydrogens (tertiary/aromatic N) is 3. The molecule has 0 radical (unpaired) electrons. The first-order valence-corrected chi connectivity index (χ1v) is 9.48. The van der Waals surface area contributed by atoms with Crippen molar-refractivity contribution in [1.29, 1.82) is 0 Å². The molecule has 1 aliphatic heterocycles. The van der Waals surface area contributed by atoms with Crippen LogP contribution in [-0.2, 0) is 11.3 Å². The number of hydrogen-bond donors (Lipinski definition) is 3. The molecular weight excluding hydrogens is 346 g/mol. The van der Waals surface area contributed by atoms with Crippen molar-refractivity contribution in [3.63, 3.8) is 0 Å². The molecule has 3 N–H and O–H groups in total. The Morgan fingerprint density at radius 2 is 2.00 bits per heavy atom. The predicted octanol–water partition coefficient (Wildman–Crippen LogP) is 2.35. The minimum Gasteiger partial charge on any atom is -0.444 e. The van der Waals surface area contributed by atoms with Crippen molar-refractivity contribution < 1.29 is 14.7 Å². The monoisotopic (exact) mass is 379 g/mol. The average molecular weight is 380 g/mol. The van der Waals surface area contributed by atoms with E-state index in [-0.39, 0.29) is 6.09 Å². The summed E-state index contributed by atoms with van der Waals surface area (Å²) in [5, 5.41) is 15.9. The van der Waals surface area contributed by atoms with Crippen LogP contribution < -0.4 is 16.0 Å². The first-order valence-electron chi connectivity index (χ1n) is 9.48. The highest BCUT2D eigenvalue weighted by Gasteiger charge is 2.20. The summed E-state index contributed by atoms with van der Waals surface area (Å²) in [5.41, 5.74) is 4.40. The van der Waals surface area contributed by atoms with E-state index in [1.807, 2.05) is 50.0 Å². The lowest BCUT2D eigenvalue weighted by Crippen LogP contribution is -2.52. The summed E-state index contributed by atoms with van der Waals surface area (Å²) >= 11 is 0. The molecule has 0 unspecified atom stereocenters. The number of fused-ring (bicyclic) bond motifs is 1. The van der Waals surface area contributed by atoms with Gasteiger partial charge in [-0.3, -0.25) is 5.21 Å². The van der Waals surface area contributed by atoms with Crippen molar-refractivity contribution in [2.75, 3.05) is 38.4 Å². The van der Waals surface area contributed by atoms with Crippen molar-refractivity contribution in [3.8, 4) is 0 Å². The Balaban J connectivity index is 1.58. The Morgan fingerprint density at radius 1 is 1.30 bits per heavy atom. The van der Waals surface area contributed by atoms with E-state index in [0.29, 0.717) is 6.54 Å². The van der Waals surface area contributed by atoms with Crippen LogP contribution in [0.5, 0.6) is 0 Å². The molecule has 27 heavy (non-hydrogen) atoms. The maximum Gasteiger partial charge on any atom is 0.407 e. The standard InChI is InChI=1S/C19H33N5O3/c1-19(2,3)27-18(25)20-11-7-12-22(4)13-8-14-23-15-16-9-5-6-10-17(16)24(26)21-23/h5-6,9-10,21,26H,7-8,11-15H2,1-4H3,(H,20,25). The summed E-state index contributed by atoms with van der Waals surface area (Å²) in [5.74, 6) is 0. The van der Waals surface area contributed by atoms with Crippen LogP contribution in [0.4, 0.5) is 10.5 Å². The van der Waals surface area contributed by atoms with Gasteiger partial charge in [-0.2, -0.15) is 5.17 Å². The van der Waals surface area contributed by atoms with Gasteiger partial charge < -0.3 is 15.0 Å². The molecule has 152 valence electrons.